The summed E-state index contributed by atoms with van der Waals surface area (Å²) < 4.78 is 48.7. The van der Waals surface area contributed by atoms with Gasteiger partial charge in [0.15, 0.2) is 0 Å². The van der Waals surface area contributed by atoms with Crippen LogP contribution in [0, 0.1) is 5.92 Å². The van der Waals surface area contributed by atoms with Gasteiger partial charge in [0.1, 0.15) is 17.2 Å². The summed E-state index contributed by atoms with van der Waals surface area (Å²) in [7, 11) is 0. The molecule has 1 aliphatic carbocycles. The second-order valence-electron chi connectivity index (χ2n) is 8.86. The Morgan fingerprint density at radius 2 is 1.94 bits per heavy atom. The topological polar surface area (TPSA) is 38.5 Å². The second kappa shape index (κ2) is 8.69. The molecule has 168 valence electrons. The van der Waals surface area contributed by atoms with Gasteiger partial charge in [0, 0.05) is 36.7 Å². The first-order chi connectivity index (χ1) is 14.7. The van der Waals surface area contributed by atoms with Gasteiger partial charge in [0.05, 0.1) is 0 Å². The molecule has 0 spiro atoms. The van der Waals surface area contributed by atoms with Crippen LogP contribution in [0.1, 0.15) is 57.3 Å². The van der Waals surface area contributed by atoms with Gasteiger partial charge in [-0.3, -0.25) is 0 Å². The summed E-state index contributed by atoms with van der Waals surface area (Å²) >= 11 is 0. The minimum atomic E-state index is -4.76. The smallest absolute Gasteiger partial charge is 0.405 e. The molecule has 1 aromatic heterocycles. The van der Waals surface area contributed by atoms with Crippen molar-refractivity contribution < 1.29 is 22.4 Å². The Bertz CT molecular complexity index is 960. The molecule has 0 amide bonds. The predicted molar refractivity (Wildman–Crippen MR) is 113 cm³/mol. The maximum absolute atomic E-state index is 12.9. The summed E-state index contributed by atoms with van der Waals surface area (Å²) in [5.41, 5.74) is 4.62. The number of ether oxygens (including phenoxy) is 1. The minimum Gasteiger partial charge on any atom is -0.405 e. The lowest BCUT2D eigenvalue weighted by Crippen LogP contribution is -2.30. The summed E-state index contributed by atoms with van der Waals surface area (Å²) in [5, 5.41) is 4.21. The first kappa shape index (κ1) is 21.9. The van der Waals surface area contributed by atoms with Crippen molar-refractivity contribution >= 4 is 0 Å². The third-order valence-corrected chi connectivity index (χ3v) is 6.56. The van der Waals surface area contributed by atoms with Crippen LogP contribution in [-0.4, -0.2) is 36.1 Å². The van der Waals surface area contributed by atoms with Crippen LogP contribution in [0.4, 0.5) is 13.2 Å². The lowest BCUT2D eigenvalue weighted by Gasteiger charge is -2.23. The SMILES string of the molecule is CC1=C(C)C(C)CN(CCc2c(-c3ccccc3OC(F)(F)F)noc2C2CC2)CC1. The van der Waals surface area contributed by atoms with Gasteiger partial charge in [0.25, 0.3) is 0 Å². The highest BCUT2D eigenvalue weighted by Crippen LogP contribution is 2.45. The molecule has 0 bridgehead atoms. The molecule has 0 saturated heterocycles. The molecule has 7 heteroatoms. The van der Waals surface area contributed by atoms with E-state index >= 15 is 0 Å². The molecule has 2 aliphatic rings. The Labute approximate surface area is 181 Å². The van der Waals surface area contributed by atoms with Gasteiger partial charge >= 0.3 is 6.36 Å². The molecule has 2 aromatic rings. The van der Waals surface area contributed by atoms with Crippen LogP contribution in [0.3, 0.4) is 0 Å². The van der Waals surface area contributed by atoms with E-state index < -0.39 is 6.36 Å². The molecule has 1 aromatic carbocycles. The molecular weight excluding hydrogens is 405 g/mol. The fraction of sp³-hybridized carbons (Fsp3) is 0.542. The van der Waals surface area contributed by atoms with Crippen molar-refractivity contribution in [2.45, 2.75) is 58.7 Å². The van der Waals surface area contributed by atoms with Crippen LogP contribution in [0.15, 0.2) is 39.9 Å². The normalized spacial score (nSPS) is 20.8. The summed E-state index contributed by atoms with van der Waals surface area (Å²) in [5.74, 6) is 1.39. The van der Waals surface area contributed by atoms with Gasteiger partial charge in [-0.1, -0.05) is 35.4 Å². The summed E-state index contributed by atoms with van der Waals surface area (Å²) in [6.07, 6.45) is -0.957. The van der Waals surface area contributed by atoms with Crippen LogP contribution < -0.4 is 4.74 Å². The van der Waals surface area contributed by atoms with Crippen molar-refractivity contribution in [2.75, 3.05) is 19.6 Å². The van der Waals surface area contributed by atoms with E-state index in [1.54, 1.807) is 12.1 Å². The number of hydrogen-bond donors (Lipinski definition) is 0. The molecule has 0 N–H and O–H groups in total. The van der Waals surface area contributed by atoms with Gasteiger partial charge in [-0.15, -0.1) is 13.2 Å². The Morgan fingerprint density at radius 1 is 1.19 bits per heavy atom. The van der Waals surface area contributed by atoms with Gasteiger partial charge in [-0.2, -0.15) is 0 Å². The van der Waals surface area contributed by atoms with Crippen molar-refractivity contribution in [3.8, 4) is 17.0 Å². The van der Waals surface area contributed by atoms with Crippen molar-refractivity contribution in [3.63, 3.8) is 0 Å². The zero-order valence-electron chi connectivity index (χ0n) is 18.3. The highest BCUT2D eigenvalue weighted by Gasteiger charge is 2.35. The van der Waals surface area contributed by atoms with Crippen LogP contribution in [0.2, 0.25) is 0 Å². The van der Waals surface area contributed by atoms with E-state index in [4.69, 9.17) is 4.52 Å². The third kappa shape index (κ3) is 5.14. The lowest BCUT2D eigenvalue weighted by atomic mass is 9.98. The monoisotopic (exact) mass is 434 g/mol. The van der Waals surface area contributed by atoms with Crippen LogP contribution in [0.5, 0.6) is 5.75 Å². The van der Waals surface area contributed by atoms with Crippen molar-refractivity contribution in [1.82, 2.24) is 10.1 Å². The quantitative estimate of drug-likeness (QED) is 0.498. The zero-order chi connectivity index (χ0) is 22.2. The van der Waals surface area contributed by atoms with E-state index in [1.165, 1.54) is 23.3 Å². The molecule has 2 heterocycles. The van der Waals surface area contributed by atoms with Gasteiger partial charge in [-0.05, 0) is 57.6 Å². The number of nitrogens with zero attached hydrogens (tertiary/aromatic N) is 2. The number of alkyl halides is 3. The van der Waals surface area contributed by atoms with Crippen LogP contribution in [0.25, 0.3) is 11.3 Å². The highest BCUT2D eigenvalue weighted by molar-refractivity contribution is 5.70. The minimum absolute atomic E-state index is 0.245. The molecule has 1 unspecified atom stereocenters. The summed E-state index contributed by atoms with van der Waals surface area (Å²) in [6, 6.07) is 6.17. The maximum Gasteiger partial charge on any atom is 0.573 e. The first-order valence-electron chi connectivity index (χ1n) is 10.9. The Balaban J connectivity index is 1.59. The Morgan fingerprint density at radius 3 is 2.65 bits per heavy atom. The molecule has 1 aliphatic heterocycles. The van der Waals surface area contributed by atoms with Crippen molar-refractivity contribution in [3.05, 3.63) is 46.7 Å². The molecule has 4 nitrogen and oxygen atoms in total. The molecule has 31 heavy (non-hydrogen) atoms. The van der Waals surface area contributed by atoms with Crippen molar-refractivity contribution in [2.24, 2.45) is 5.92 Å². The number of benzene rings is 1. The van der Waals surface area contributed by atoms with Gasteiger partial charge in [-0.25, -0.2) is 0 Å². The zero-order valence-corrected chi connectivity index (χ0v) is 18.3. The van der Waals surface area contributed by atoms with E-state index in [-0.39, 0.29) is 5.75 Å². The van der Waals surface area contributed by atoms with E-state index in [2.05, 4.69) is 35.6 Å². The maximum atomic E-state index is 12.9. The molecular formula is C24H29F3N2O2. The molecule has 4 rings (SSSR count). The largest absolute Gasteiger partial charge is 0.573 e. The van der Waals surface area contributed by atoms with E-state index in [9.17, 15) is 13.2 Å². The first-order valence-corrected chi connectivity index (χ1v) is 10.9. The molecule has 1 fully saturated rings. The van der Waals surface area contributed by atoms with E-state index in [0.29, 0.717) is 29.5 Å². The summed E-state index contributed by atoms with van der Waals surface area (Å²) in [4.78, 5) is 2.44. The number of para-hydroxylation sites is 1. The fourth-order valence-corrected chi connectivity index (χ4v) is 4.35. The summed E-state index contributed by atoms with van der Waals surface area (Å²) in [6.45, 7) is 9.46. The molecule has 1 saturated carbocycles. The van der Waals surface area contributed by atoms with Crippen LogP contribution in [-0.2, 0) is 6.42 Å². The number of hydrogen-bond acceptors (Lipinski definition) is 4. The van der Waals surface area contributed by atoms with Gasteiger partial charge < -0.3 is 14.2 Å². The number of halogens is 3. The average Bonchev–Trinajstić information content (AvgIpc) is 3.49. The van der Waals surface area contributed by atoms with Gasteiger partial charge in [0.2, 0.25) is 0 Å². The Hall–Kier alpha value is -2.28. The third-order valence-electron chi connectivity index (χ3n) is 6.56. The highest BCUT2D eigenvalue weighted by atomic mass is 19.4. The average molecular weight is 435 g/mol. The standard InChI is InChI=1S/C24H29F3N2O2/c1-15-10-12-29(14-16(2)17(15)3)13-11-20-22(28-31-23(20)18-8-9-18)19-6-4-5-7-21(19)30-24(25,26)27/h4-7,16,18H,8-14H2,1-3H3. The lowest BCUT2D eigenvalue weighted by molar-refractivity contribution is -0.274. The fourth-order valence-electron chi connectivity index (χ4n) is 4.35. The molecule has 1 atom stereocenters. The number of rotatable bonds is 6. The van der Waals surface area contributed by atoms with Crippen molar-refractivity contribution in [1.29, 1.82) is 0 Å². The predicted octanol–water partition coefficient (Wildman–Crippen LogP) is 6.34. The second-order valence-corrected chi connectivity index (χ2v) is 8.86. The molecule has 0 radical (unpaired) electrons. The number of aromatic nitrogens is 1. The Kier molecular flexibility index (Phi) is 6.15. The van der Waals surface area contributed by atoms with E-state index in [1.807, 2.05) is 0 Å². The van der Waals surface area contributed by atoms with Crippen LogP contribution >= 0.6 is 0 Å². The van der Waals surface area contributed by atoms with E-state index in [0.717, 1.165) is 50.2 Å².